The van der Waals surface area contributed by atoms with Gasteiger partial charge < -0.3 is 20.2 Å². The maximum absolute atomic E-state index is 13.6. The van der Waals surface area contributed by atoms with Gasteiger partial charge in [-0.25, -0.2) is 4.79 Å². The van der Waals surface area contributed by atoms with E-state index in [2.05, 4.69) is 5.32 Å². The number of carbonyl (C=O) groups excluding carboxylic acids is 2. The zero-order valence-electron chi connectivity index (χ0n) is 19.5. The fourth-order valence-corrected chi connectivity index (χ4v) is 4.92. The molecule has 176 valence electrons. The number of benzene rings is 1. The smallest absolute Gasteiger partial charge is 0.318 e. The number of amides is 3. The van der Waals surface area contributed by atoms with Crippen LogP contribution in [0.25, 0.3) is 0 Å². The Morgan fingerprint density at radius 3 is 2.34 bits per heavy atom. The van der Waals surface area contributed by atoms with Gasteiger partial charge in [0.25, 0.3) is 0 Å². The number of nitrogens with zero attached hydrogens (tertiary/aromatic N) is 2. The molecular weight excluding hydrogens is 406 g/mol. The van der Waals surface area contributed by atoms with E-state index in [1.54, 1.807) is 16.7 Å². The first-order valence-corrected chi connectivity index (χ1v) is 11.9. The molecular formula is C25H37N3O4. The number of piperazine rings is 1. The molecule has 1 aromatic rings. The monoisotopic (exact) mass is 443 g/mol. The second-order valence-corrected chi connectivity index (χ2v) is 9.74. The van der Waals surface area contributed by atoms with Gasteiger partial charge in [-0.3, -0.25) is 9.59 Å². The van der Waals surface area contributed by atoms with Gasteiger partial charge in [-0.2, -0.15) is 0 Å². The molecule has 2 aliphatic rings. The van der Waals surface area contributed by atoms with E-state index in [0.29, 0.717) is 13.0 Å². The topological polar surface area (TPSA) is 90.0 Å². The number of urea groups is 1. The standard InChI is InChI=1S/C25H37N3O4/c1-17(2)14-21-23(29)27(15-19-10-6-4-7-11-19)16-22(18(3)24(30)31)28(21)25(32)26-20-12-8-5-9-13-20/h4,6-7,10-11,17-18,20-22H,5,8-9,12-16H2,1-3H3,(H,26,32)(H,30,31)/t18?,21-,22?/m0/s1. The molecule has 1 aliphatic carbocycles. The van der Waals surface area contributed by atoms with Gasteiger partial charge in [0.2, 0.25) is 5.91 Å². The molecule has 0 aromatic heterocycles. The molecule has 3 atom stereocenters. The third-order valence-corrected chi connectivity index (χ3v) is 6.74. The van der Waals surface area contributed by atoms with Gasteiger partial charge in [0.05, 0.1) is 12.0 Å². The molecule has 1 aromatic carbocycles. The fraction of sp³-hybridized carbons (Fsp3) is 0.640. The largest absolute Gasteiger partial charge is 0.481 e. The van der Waals surface area contributed by atoms with Crippen molar-refractivity contribution < 1.29 is 19.5 Å². The number of carbonyl (C=O) groups is 3. The van der Waals surface area contributed by atoms with Crippen LogP contribution >= 0.6 is 0 Å². The molecule has 7 nitrogen and oxygen atoms in total. The predicted octanol–water partition coefficient (Wildman–Crippen LogP) is 3.88. The molecule has 1 heterocycles. The minimum Gasteiger partial charge on any atom is -0.481 e. The minimum atomic E-state index is -0.956. The van der Waals surface area contributed by atoms with E-state index < -0.39 is 24.0 Å². The first-order chi connectivity index (χ1) is 15.3. The van der Waals surface area contributed by atoms with Crippen LogP contribution in [0.5, 0.6) is 0 Å². The van der Waals surface area contributed by atoms with Crippen molar-refractivity contribution in [1.82, 2.24) is 15.1 Å². The van der Waals surface area contributed by atoms with Crippen molar-refractivity contribution in [1.29, 1.82) is 0 Å². The number of carboxylic acid groups (broad SMARTS) is 1. The molecule has 7 heteroatoms. The Morgan fingerprint density at radius 2 is 1.75 bits per heavy atom. The summed E-state index contributed by atoms with van der Waals surface area (Å²) in [6.45, 7) is 6.31. The first kappa shape index (κ1) is 24.1. The van der Waals surface area contributed by atoms with E-state index in [-0.39, 0.29) is 30.4 Å². The van der Waals surface area contributed by atoms with Crippen LogP contribution in [0.1, 0.15) is 64.9 Å². The van der Waals surface area contributed by atoms with Crippen LogP contribution in [0.3, 0.4) is 0 Å². The number of hydrogen-bond acceptors (Lipinski definition) is 3. The second-order valence-electron chi connectivity index (χ2n) is 9.74. The van der Waals surface area contributed by atoms with Crippen LogP contribution in [0.2, 0.25) is 0 Å². The molecule has 1 saturated carbocycles. The van der Waals surface area contributed by atoms with E-state index in [0.717, 1.165) is 31.2 Å². The van der Waals surface area contributed by atoms with Gasteiger partial charge in [-0.05, 0) is 37.7 Å². The van der Waals surface area contributed by atoms with Crippen molar-refractivity contribution >= 4 is 17.9 Å². The summed E-state index contributed by atoms with van der Waals surface area (Å²) in [6, 6.07) is 8.25. The Kier molecular flexibility index (Phi) is 8.15. The summed E-state index contributed by atoms with van der Waals surface area (Å²) in [5.74, 6) is -1.66. The van der Waals surface area contributed by atoms with Crippen molar-refractivity contribution in [2.75, 3.05) is 6.54 Å². The lowest BCUT2D eigenvalue weighted by Crippen LogP contribution is -2.67. The number of hydrogen-bond donors (Lipinski definition) is 2. The van der Waals surface area contributed by atoms with Crippen LogP contribution in [-0.4, -0.2) is 57.5 Å². The van der Waals surface area contributed by atoms with Crippen LogP contribution in [-0.2, 0) is 16.1 Å². The normalized spacial score (nSPS) is 23.3. The van der Waals surface area contributed by atoms with Crippen molar-refractivity contribution in [2.24, 2.45) is 11.8 Å². The maximum Gasteiger partial charge on any atom is 0.318 e. The van der Waals surface area contributed by atoms with Crippen molar-refractivity contribution in [3.8, 4) is 0 Å². The predicted molar refractivity (Wildman–Crippen MR) is 123 cm³/mol. The van der Waals surface area contributed by atoms with Crippen LogP contribution in [0.4, 0.5) is 4.79 Å². The zero-order valence-corrected chi connectivity index (χ0v) is 19.5. The van der Waals surface area contributed by atoms with E-state index in [9.17, 15) is 19.5 Å². The Balaban J connectivity index is 1.90. The van der Waals surface area contributed by atoms with Crippen molar-refractivity contribution in [3.05, 3.63) is 35.9 Å². The highest BCUT2D eigenvalue weighted by Gasteiger charge is 2.47. The summed E-state index contributed by atoms with van der Waals surface area (Å²) in [4.78, 5) is 42.3. The first-order valence-electron chi connectivity index (χ1n) is 11.9. The molecule has 0 spiro atoms. The third kappa shape index (κ3) is 5.81. The highest BCUT2D eigenvalue weighted by Crippen LogP contribution is 2.29. The molecule has 3 rings (SSSR count). The summed E-state index contributed by atoms with van der Waals surface area (Å²) in [5.41, 5.74) is 0.992. The molecule has 2 unspecified atom stereocenters. The molecule has 1 saturated heterocycles. The molecule has 2 N–H and O–H groups in total. The Labute approximate surface area is 191 Å². The third-order valence-electron chi connectivity index (χ3n) is 6.74. The molecule has 1 aliphatic heterocycles. The van der Waals surface area contributed by atoms with Gasteiger partial charge in [0, 0.05) is 19.1 Å². The number of nitrogens with one attached hydrogen (secondary N) is 1. The number of rotatable bonds is 7. The van der Waals surface area contributed by atoms with Crippen molar-refractivity contribution in [2.45, 2.75) is 84.0 Å². The van der Waals surface area contributed by atoms with E-state index in [1.807, 2.05) is 44.2 Å². The van der Waals surface area contributed by atoms with E-state index in [1.165, 1.54) is 6.42 Å². The maximum atomic E-state index is 13.6. The lowest BCUT2D eigenvalue weighted by Gasteiger charge is -2.48. The lowest BCUT2D eigenvalue weighted by atomic mass is 9.90. The van der Waals surface area contributed by atoms with Gasteiger partial charge in [0.1, 0.15) is 6.04 Å². The van der Waals surface area contributed by atoms with Crippen LogP contribution in [0.15, 0.2) is 30.3 Å². The highest BCUT2D eigenvalue weighted by molar-refractivity contribution is 5.89. The molecule has 3 amide bonds. The average Bonchev–Trinajstić information content (AvgIpc) is 2.76. The van der Waals surface area contributed by atoms with Gasteiger partial charge in [-0.15, -0.1) is 0 Å². The fourth-order valence-electron chi connectivity index (χ4n) is 4.92. The quantitative estimate of drug-likeness (QED) is 0.669. The summed E-state index contributed by atoms with van der Waals surface area (Å²) in [7, 11) is 0. The SMILES string of the molecule is CC(C)C[C@H]1C(=O)N(Cc2ccccc2)CC(C(C)C(=O)O)N1C(=O)NC1CCCCC1. The Morgan fingerprint density at radius 1 is 1.09 bits per heavy atom. The number of carboxylic acids is 1. The molecule has 0 bridgehead atoms. The second kappa shape index (κ2) is 10.8. The van der Waals surface area contributed by atoms with Crippen molar-refractivity contribution in [3.63, 3.8) is 0 Å². The summed E-state index contributed by atoms with van der Waals surface area (Å²) in [6.07, 6.45) is 5.71. The Bertz CT molecular complexity index is 792. The average molecular weight is 444 g/mol. The zero-order chi connectivity index (χ0) is 23.3. The Hall–Kier alpha value is -2.57. The minimum absolute atomic E-state index is 0.0918. The summed E-state index contributed by atoms with van der Waals surface area (Å²) >= 11 is 0. The van der Waals surface area contributed by atoms with Gasteiger partial charge in [-0.1, -0.05) is 63.4 Å². The van der Waals surface area contributed by atoms with Crippen LogP contribution in [0, 0.1) is 11.8 Å². The van der Waals surface area contributed by atoms with Gasteiger partial charge in [0.15, 0.2) is 0 Å². The highest BCUT2D eigenvalue weighted by atomic mass is 16.4. The summed E-state index contributed by atoms with van der Waals surface area (Å²) < 4.78 is 0. The van der Waals surface area contributed by atoms with Crippen LogP contribution < -0.4 is 5.32 Å². The number of aliphatic carboxylic acids is 1. The molecule has 2 fully saturated rings. The van der Waals surface area contributed by atoms with E-state index >= 15 is 0 Å². The van der Waals surface area contributed by atoms with Gasteiger partial charge >= 0.3 is 12.0 Å². The van der Waals surface area contributed by atoms with E-state index in [4.69, 9.17) is 0 Å². The molecule has 32 heavy (non-hydrogen) atoms. The molecule has 0 radical (unpaired) electrons. The lowest BCUT2D eigenvalue weighted by molar-refractivity contribution is -0.153. The summed E-state index contributed by atoms with van der Waals surface area (Å²) in [5, 5.41) is 12.9.